The van der Waals surface area contributed by atoms with Gasteiger partial charge in [0, 0.05) is 37.9 Å². The van der Waals surface area contributed by atoms with Crippen molar-refractivity contribution in [2.75, 3.05) is 31.1 Å². The fourth-order valence-electron chi connectivity index (χ4n) is 2.79. The maximum atomic E-state index is 12.9. The second-order valence-corrected chi connectivity index (χ2v) is 5.95. The lowest BCUT2D eigenvalue weighted by molar-refractivity contribution is -0.133. The highest BCUT2D eigenvalue weighted by molar-refractivity contribution is 5.81. The molecule has 1 N–H and O–H groups in total. The lowest BCUT2D eigenvalue weighted by Crippen LogP contribution is -2.53. The van der Waals surface area contributed by atoms with Gasteiger partial charge in [-0.1, -0.05) is 0 Å². The first-order valence-corrected chi connectivity index (χ1v) is 7.69. The summed E-state index contributed by atoms with van der Waals surface area (Å²) in [5.74, 6) is -0.0202. The topological polar surface area (TPSA) is 35.6 Å². The normalized spacial score (nSPS) is 20.5. The molecule has 1 saturated heterocycles. The Bertz CT molecular complexity index is 493. The maximum Gasteiger partial charge on any atom is 0.239 e. The van der Waals surface area contributed by atoms with E-state index in [2.05, 4.69) is 10.2 Å². The van der Waals surface area contributed by atoms with Gasteiger partial charge in [-0.05, 0) is 44.0 Å². The fraction of sp³-hybridized carbons (Fsp3) is 0.562. The van der Waals surface area contributed by atoms with Crippen LogP contribution >= 0.6 is 0 Å². The minimum Gasteiger partial charge on any atom is -0.368 e. The molecule has 1 atom stereocenters. The second kappa shape index (κ2) is 6.02. The van der Waals surface area contributed by atoms with E-state index in [-0.39, 0.29) is 17.8 Å². The molecule has 1 saturated carbocycles. The van der Waals surface area contributed by atoms with E-state index in [0.29, 0.717) is 6.04 Å². The largest absolute Gasteiger partial charge is 0.368 e. The molecular weight excluding hydrogens is 269 g/mol. The van der Waals surface area contributed by atoms with Crippen LogP contribution in [0.4, 0.5) is 10.1 Å². The van der Waals surface area contributed by atoms with Crippen LogP contribution in [0.15, 0.2) is 24.3 Å². The summed E-state index contributed by atoms with van der Waals surface area (Å²) in [5.41, 5.74) is 1.02. The number of carbonyl (C=O) groups excluding carboxylic acids is 1. The van der Waals surface area contributed by atoms with Gasteiger partial charge in [0.25, 0.3) is 0 Å². The molecule has 1 aromatic carbocycles. The maximum absolute atomic E-state index is 12.9. The number of nitrogens with zero attached hydrogens (tertiary/aromatic N) is 2. The zero-order chi connectivity index (χ0) is 14.8. The molecule has 1 heterocycles. The molecule has 1 aromatic rings. The van der Waals surface area contributed by atoms with Crippen LogP contribution < -0.4 is 10.2 Å². The summed E-state index contributed by atoms with van der Waals surface area (Å²) >= 11 is 0. The number of carbonyl (C=O) groups is 1. The van der Waals surface area contributed by atoms with Gasteiger partial charge >= 0.3 is 0 Å². The average molecular weight is 291 g/mol. The molecule has 1 unspecified atom stereocenters. The standard InChI is InChI=1S/C16H22FN3O/c1-12(18-14-4-5-14)16(21)20-10-8-19(9-11-20)15-6-2-13(17)3-7-15/h2-3,6-7,12,14,18H,4-5,8-11H2,1H3. The van der Waals surface area contributed by atoms with Gasteiger partial charge in [-0.15, -0.1) is 0 Å². The Labute approximate surface area is 124 Å². The van der Waals surface area contributed by atoms with E-state index in [1.165, 1.54) is 25.0 Å². The van der Waals surface area contributed by atoms with Gasteiger partial charge in [0.15, 0.2) is 0 Å². The summed E-state index contributed by atoms with van der Waals surface area (Å²) in [6.07, 6.45) is 2.38. The zero-order valence-corrected chi connectivity index (χ0v) is 12.4. The Balaban J connectivity index is 1.52. The number of amides is 1. The Kier molecular flexibility index (Phi) is 4.10. The van der Waals surface area contributed by atoms with Crippen molar-refractivity contribution < 1.29 is 9.18 Å². The van der Waals surface area contributed by atoms with Gasteiger partial charge in [-0.3, -0.25) is 4.79 Å². The second-order valence-electron chi connectivity index (χ2n) is 5.95. The predicted molar refractivity (Wildman–Crippen MR) is 80.8 cm³/mol. The van der Waals surface area contributed by atoms with E-state index in [9.17, 15) is 9.18 Å². The molecule has 5 heteroatoms. The lowest BCUT2D eigenvalue weighted by Gasteiger charge is -2.37. The molecule has 0 radical (unpaired) electrons. The third kappa shape index (κ3) is 3.53. The molecule has 21 heavy (non-hydrogen) atoms. The van der Waals surface area contributed by atoms with E-state index < -0.39 is 0 Å². The first-order chi connectivity index (χ1) is 10.1. The van der Waals surface area contributed by atoms with Crippen molar-refractivity contribution in [3.05, 3.63) is 30.1 Å². The van der Waals surface area contributed by atoms with Crippen molar-refractivity contribution in [3.63, 3.8) is 0 Å². The van der Waals surface area contributed by atoms with E-state index in [1.54, 1.807) is 12.1 Å². The summed E-state index contributed by atoms with van der Waals surface area (Å²) in [6, 6.07) is 7.01. The SMILES string of the molecule is CC(NC1CC1)C(=O)N1CCN(c2ccc(F)cc2)CC1. The van der Waals surface area contributed by atoms with Crippen molar-refractivity contribution in [2.45, 2.75) is 31.8 Å². The number of piperazine rings is 1. The van der Waals surface area contributed by atoms with Crippen LogP contribution in [0.2, 0.25) is 0 Å². The van der Waals surface area contributed by atoms with E-state index >= 15 is 0 Å². The molecule has 2 fully saturated rings. The summed E-state index contributed by atoms with van der Waals surface area (Å²) in [7, 11) is 0. The Hall–Kier alpha value is -1.62. The van der Waals surface area contributed by atoms with Gasteiger partial charge < -0.3 is 15.1 Å². The molecule has 0 bridgehead atoms. The average Bonchev–Trinajstić information content (AvgIpc) is 3.31. The number of nitrogens with one attached hydrogen (secondary N) is 1. The van der Waals surface area contributed by atoms with Crippen LogP contribution in [0.3, 0.4) is 0 Å². The Morgan fingerprint density at radius 2 is 1.81 bits per heavy atom. The molecule has 1 aliphatic heterocycles. The van der Waals surface area contributed by atoms with Gasteiger partial charge in [0.05, 0.1) is 6.04 Å². The van der Waals surface area contributed by atoms with Crippen molar-refractivity contribution in [1.82, 2.24) is 10.2 Å². The van der Waals surface area contributed by atoms with Gasteiger partial charge in [-0.2, -0.15) is 0 Å². The minimum absolute atomic E-state index is 0.0881. The quantitative estimate of drug-likeness (QED) is 0.915. The predicted octanol–water partition coefficient (Wildman–Crippen LogP) is 1.61. The third-order valence-corrected chi connectivity index (χ3v) is 4.22. The highest BCUT2D eigenvalue weighted by Gasteiger charge is 2.29. The molecule has 2 aliphatic rings. The highest BCUT2D eigenvalue weighted by atomic mass is 19.1. The molecule has 0 spiro atoms. The van der Waals surface area contributed by atoms with E-state index in [0.717, 1.165) is 31.9 Å². The number of halogens is 1. The zero-order valence-electron chi connectivity index (χ0n) is 12.4. The van der Waals surface area contributed by atoms with Crippen LogP contribution in [0.5, 0.6) is 0 Å². The van der Waals surface area contributed by atoms with Crippen molar-refractivity contribution in [3.8, 4) is 0 Å². The molecule has 4 nitrogen and oxygen atoms in total. The van der Waals surface area contributed by atoms with Crippen LogP contribution in [0.1, 0.15) is 19.8 Å². The summed E-state index contributed by atoms with van der Waals surface area (Å²) < 4.78 is 12.9. The summed E-state index contributed by atoms with van der Waals surface area (Å²) in [6.45, 7) is 5.01. The molecular formula is C16H22FN3O. The van der Waals surface area contributed by atoms with Crippen molar-refractivity contribution in [2.24, 2.45) is 0 Å². The smallest absolute Gasteiger partial charge is 0.239 e. The van der Waals surface area contributed by atoms with Crippen LogP contribution in [-0.2, 0) is 4.79 Å². The number of hydrogen-bond donors (Lipinski definition) is 1. The molecule has 114 valence electrons. The van der Waals surface area contributed by atoms with Crippen LogP contribution in [-0.4, -0.2) is 49.1 Å². The molecule has 0 aromatic heterocycles. The first-order valence-electron chi connectivity index (χ1n) is 7.69. The highest BCUT2D eigenvalue weighted by Crippen LogP contribution is 2.20. The van der Waals surface area contributed by atoms with E-state index in [1.807, 2.05) is 11.8 Å². The summed E-state index contributed by atoms with van der Waals surface area (Å²) in [4.78, 5) is 16.5. The van der Waals surface area contributed by atoms with Crippen molar-refractivity contribution >= 4 is 11.6 Å². The third-order valence-electron chi connectivity index (χ3n) is 4.22. The molecule has 3 rings (SSSR count). The summed E-state index contributed by atoms with van der Waals surface area (Å²) in [5, 5.41) is 3.35. The van der Waals surface area contributed by atoms with Gasteiger partial charge in [0.2, 0.25) is 5.91 Å². The monoisotopic (exact) mass is 291 g/mol. The molecule has 1 amide bonds. The van der Waals surface area contributed by atoms with Crippen LogP contribution in [0.25, 0.3) is 0 Å². The Morgan fingerprint density at radius 1 is 1.19 bits per heavy atom. The van der Waals surface area contributed by atoms with Gasteiger partial charge in [0.1, 0.15) is 5.82 Å². The lowest BCUT2D eigenvalue weighted by atomic mass is 10.2. The Morgan fingerprint density at radius 3 is 2.38 bits per heavy atom. The number of rotatable bonds is 4. The minimum atomic E-state index is -0.215. The first kappa shape index (κ1) is 14.3. The van der Waals surface area contributed by atoms with Crippen molar-refractivity contribution in [1.29, 1.82) is 0 Å². The number of hydrogen-bond acceptors (Lipinski definition) is 3. The fourth-order valence-corrected chi connectivity index (χ4v) is 2.79. The molecule has 1 aliphatic carbocycles. The number of anilines is 1. The number of benzene rings is 1. The van der Waals surface area contributed by atoms with E-state index in [4.69, 9.17) is 0 Å². The van der Waals surface area contributed by atoms with Crippen LogP contribution in [0, 0.1) is 5.82 Å². The van der Waals surface area contributed by atoms with Gasteiger partial charge in [-0.25, -0.2) is 4.39 Å².